The number of hydrogen-bond donors (Lipinski definition) is 0. The zero-order valence-electron chi connectivity index (χ0n) is 8.78. The molecule has 0 fully saturated rings. The second kappa shape index (κ2) is 3.50. The van der Waals surface area contributed by atoms with Gasteiger partial charge in [0.2, 0.25) is 0 Å². The second-order valence-electron chi connectivity index (χ2n) is 4.54. The van der Waals surface area contributed by atoms with Crippen LogP contribution in [0.2, 0.25) is 14.8 Å². The van der Waals surface area contributed by atoms with Crippen molar-refractivity contribution in [3.05, 3.63) is 30.7 Å². The van der Waals surface area contributed by atoms with Gasteiger partial charge in [0, 0.05) is 0 Å². The molecule has 0 N–H and O–H groups in total. The third kappa shape index (κ3) is 1.90. The average Bonchev–Trinajstić information content (AvgIpc) is 2.16. The first-order valence-electron chi connectivity index (χ1n) is 4.77. The molecule has 0 radical (unpaired) electrons. The Morgan fingerprint density at radius 2 is 1.93 bits per heavy atom. The predicted octanol–water partition coefficient (Wildman–Crippen LogP) is 2.17. The number of aromatic nitrogens is 2. The van der Waals surface area contributed by atoms with Crippen molar-refractivity contribution in [1.29, 1.82) is 0 Å². The summed E-state index contributed by atoms with van der Waals surface area (Å²) in [6.45, 7) is 0. The van der Waals surface area contributed by atoms with E-state index in [0.29, 0.717) is 0 Å². The first-order chi connectivity index (χ1) is 6.57. The molecule has 2 heterocycles. The molecule has 3 heteroatoms. The summed E-state index contributed by atoms with van der Waals surface area (Å²) in [6.07, 6.45) is 5.67. The summed E-state index contributed by atoms with van der Waals surface area (Å²) in [4.78, 5) is 15.7. The molecule has 0 aromatic carbocycles. The number of pyridine rings is 2. The van der Waals surface area contributed by atoms with E-state index in [4.69, 9.17) is 0 Å². The van der Waals surface area contributed by atoms with Gasteiger partial charge in [0.1, 0.15) is 0 Å². The molecule has 0 aliphatic rings. The van der Waals surface area contributed by atoms with Gasteiger partial charge in [-0.05, 0) is 0 Å². The van der Waals surface area contributed by atoms with E-state index < -0.39 is 18.4 Å². The van der Waals surface area contributed by atoms with Gasteiger partial charge in [-0.2, -0.15) is 0 Å². The van der Waals surface area contributed by atoms with Gasteiger partial charge in [0.25, 0.3) is 0 Å². The van der Waals surface area contributed by atoms with Crippen LogP contribution in [0.15, 0.2) is 30.7 Å². The Hall–Kier alpha value is -0.641. The van der Waals surface area contributed by atoms with Crippen LogP contribution < -0.4 is 3.58 Å². The van der Waals surface area contributed by atoms with Crippen molar-refractivity contribution in [3.63, 3.8) is 0 Å². The number of nitrogens with zero attached hydrogens (tertiary/aromatic N) is 2. The first kappa shape index (κ1) is 9.90. The second-order valence-corrected chi connectivity index (χ2v) is 19.0. The summed E-state index contributed by atoms with van der Waals surface area (Å²) >= 11 is -1.95. The average molecular weight is 293 g/mol. The van der Waals surface area contributed by atoms with E-state index in [1.54, 1.807) is 0 Å². The summed E-state index contributed by atoms with van der Waals surface area (Å²) < 4.78 is 1.47. The van der Waals surface area contributed by atoms with Crippen LogP contribution in [-0.2, 0) is 0 Å². The summed E-state index contributed by atoms with van der Waals surface area (Å²) in [6, 6.07) is 4.31. The topological polar surface area (TPSA) is 25.8 Å². The molecule has 2 aromatic rings. The van der Waals surface area contributed by atoms with Crippen LogP contribution in [0.25, 0.3) is 10.9 Å². The van der Waals surface area contributed by atoms with Gasteiger partial charge in [-0.25, -0.2) is 0 Å². The quantitative estimate of drug-likeness (QED) is 0.753. The Balaban J connectivity index is 2.63. The summed E-state index contributed by atoms with van der Waals surface area (Å²) in [5, 5.41) is 1.21. The first-order valence-corrected chi connectivity index (χ1v) is 14.8. The Morgan fingerprint density at radius 1 is 1.14 bits per heavy atom. The standard InChI is InChI=1S/C8H5N2.3CH3.Sn/c1-2-7-3-5-9-6-8(7)10-4-1;;;;/h2-6H;3*1H3;. The van der Waals surface area contributed by atoms with Crippen LogP contribution in [0.5, 0.6) is 0 Å². The fourth-order valence-corrected chi connectivity index (χ4v) is 4.35. The molecule has 72 valence electrons. The fourth-order valence-electron chi connectivity index (χ4n) is 1.38. The van der Waals surface area contributed by atoms with Crippen molar-refractivity contribution < 1.29 is 0 Å². The van der Waals surface area contributed by atoms with Crippen LogP contribution in [0.4, 0.5) is 0 Å². The molecule has 0 saturated carbocycles. The Bertz CT molecular complexity index is 460. The van der Waals surface area contributed by atoms with E-state index in [9.17, 15) is 0 Å². The van der Waals surface area contributed by atoms with Crippen molar-refractivity contribution in [2.24, 2.45) is 0 Å². The molecule has 0 saturated heterocycles. The SMILES string of the molecule is [CH3][Sn]([CH3])([CH3])[c]1cnc2cnccc2c1. The van der Waals surface area contributed by atoms with Crippen molar-refractivity contribution in [3.8, 4) is 0 Å². The maximum absolute atomic E-state index is 4.44. The normalized spacial score (nSPS) is 11.9. The molecule has 0 aliphatic carbocycles. The van der Waals surface area contributed by atoms with Crippen molar-refractivity contribution in [2.75, 3.05) is 0 Å². The number of rotatable bonds is 1. The Morgan fingerprint density at radius 3 is 2.64 bits per heavy atom. The molecule has 0 amide bonds. The number of fused-ring (bicyclic) bond motifs is 1. The third-order valence-electron chi connectivity index (χ3n) is 2.35. The van der Waals surface area contributed by atoms with Crippen LogP contribution in [0.1, 0.15) is 0 Å². The molecule has 0 unspecified atom stereocenters. The van der Waals surface area contributed by atoms with Crippen LogP contribution in [0, 0.1) is 0 Å². The van der Waals surface area contributed by atoms with Gasteiger partial charge < -0.3 is 0 Å². The van der Waals surface area contributed by atoms with Crippen LogP contribution in [-0.4, -0.2) is 28.3 Å². The maximum atomic E-state index is 4.44. The monoisotopic (exact) mass is 294 g/mol. The molecule has 2 rings (SSSR count). The van der Waals surface area contributed by atoms with Gasteiger partial charge in [-0.1, -0.05) is 0 Å². The van der Waals surface area contributed by atoms with E-state index in [2.05, 4.69) is 30.9 Å². The molecular weight excluding hydrogens is 279 g/mol. The predicted molar refractivity (Wildman–Crippen MR) is 62.5 cm³/mol. The van der Waals surface area contributed by atoms with Gasteiger partial charge in [-0.3, -0.25) is 0 Å². The zero-order valence-corrected chi connectivity index (χ0v) is 11.6. The van der Waals surface area contributed by atoms with Gasteiger partial charge in [0.15, 0.2) is 0 Å². The van der Waals surface area contributed by atoms with Gasteiger partial charge >= 0.3 is 88.4 Å². The Kier molecular flexibility index (Phi) is 2.47. The van der Waals surface area contributed by atoms with Gasteiger partial charge in [0.05, 0.1) is 0 Å². The van der Waals surface area contributed by atoms with Crippen LogP contribution in [0.3, 0.4) is 0 Å². The molecular formula is C11H14N2Sn. The molecule has 2 nitrogen and oxygen atoms in total. The van der Waals surface area contributed by atoms with E-state index >= 15 is 0 Å². The van der Waals surface area contributed by atoms with E-state index in [1.165, 1.54) is 8.97 Å². The van der Waals surface area contributed by atoms with Gasteiger partial charge in [-0.15, -0.1) is 0 Å². The van der Waals surface area contributed by atoms with E-state index in [0.717, 1.165) is 5.52 Å². The molecule has 14 heavy (non-hydrogen) atoms. The molecule has 0 atom stereocenters. The molecule has 2 aromatic heterocycles. The third-order valence-corrected chi connectivity index (χ3v) is 8.08. The summed E-state index contributed by atoms with van der Waals surface area (Å²) in [5.74, 6) is 0. The molecule has 0 spiro atoms. The van der Waals surface area contributed by atoms with Crippen molar-refractivity contribution in [1.82, 2.24) is 9.97 Å². The minimum absolute atomic E-state index is 0.992. The Labute approximate surface area is 88.3 Å². The minimum atomic E-state index is -1.95. The zero-order chi connectivity index (χ0) is 10.2. The summed E-state index contributed by atoms with van der Waals surface area (Å²) in [7, 11) is 0. The van der Waals surface area contributed by atoms with E-state index in [-0.39, 0.29) is 0 Å². The van der Waals surface area contributed by atoms with E-state index in [1.807, 2.05) is 24.7 Å². The molecule has 0 aliphatic heterocycles. The molecule has 0 bridgehead atoms. The van der Waals surface area contributed by atoms with Crippen LogP contribution >= 0.6 is 0 Å². The number of hydrogen-bond acceptors (Lipinski definition) is 2. The fraction of sp³-hybridized carbons (Fsp3) is 0.273. The van der Waals surface area contributed by atoms with Crippen molar-refractivity contribution in [2.45, 2.75) is 14.8 Å². The summed E-state index contributed by atoms with van der Waals surface area (Å²) in [5.41, 5.74) is 0.992. The van der Waals surface area contributed by atoms with Crippen molar-refractivity contribution >= 4 is 32.9 Å².